The van der Waals surface area contributed by atoms with Crippen molar-refractivity contribution in [2.45, 2.75) is 92.5 Å². The number of aliphatic hydroxyl groups excluding tert-OH is 2. The Hall–Kier alpha value is -4.70. The number of esters is 1. The number of aliphatic hydroxyl groups is 2. The van der Waals surface area contributed by atoms with Crippen molar-refractivity contribution in [2.75, 3.05) is 24.3 Å². The molecule has 4 bridgehead atoms. The van der Waals surface area contributed by atoms with Crippen molar-refractivity contribution in [3.05, 3.63) is 47.3 Å². The summed E-state index contributed by atoms with van der Waals surface area (Å²) in [6, 6.07) is 0. The number of phenolic OH excluding ortho intramolecular Hbond substituents is 2. The van der Waals surface area contributed by atoms with Crippen LogP contribution in [0, 0.1) is 30.6 Å². The SMILES string of the molecule is CCNc1nc2c(s1)c1c(O)c3c(O)c(C)c4c(c32)C(=O)[C@@](C)(O/C=C/[C@H](OC)[C@@H](C)[C@@H](OC(C)=O)[C@H](C)[C@H](O)[C@H](C)[C@@H](O)[C@@H](C)/C=C/C=C(/C)C(=O)N1)O4. The number of benzene rings is 2. The summed E-state index contributed by atoms with van der Waals surface area (Å²) >= 11 is 1.15. The van der Waals surface area contributed by atoms with E-state index in [-0.39, 0.29) is 50.2 Å². The van der Waals surface area contributed by atoms with Crippen LogP contribution < -0.4 is 15.4 Å². The van der Waals surface area contributed by atoms with Crippen molar-refractivity contribution in [3.8, 4) is 17.2 Å². The highest BCUT2D eigenvalue weighted by Gasteiger charge is 2.49. The van der Waals surface area contributed by atoms with Gasteiger partial charge in [-0.05, 0) is 26.8 Å². The van der Waals surface area contributed by atoms with Gasteiger partial charge >= 0.3 is 11.8 Å². The number of anilines is 2. The second-order valence-corrected chi connectivity index (χ2v) is 15.6. The molecule has 0 radical (unpaired) electrons. The Morgan fingerprint density at radius 3 is 2.36 bits per heavy atom. The summed E-state index contributed by atoms with van der Waals surface area (Å²) in [7, 11) is 1.46. The molecule has 9 atom stereocenters. The number of methoxy groups -OCH3 is 1. The van der Waals surface area contributed by atoms with Crippen molar-refractivity contribution in [1.82, 2.24) is 4.98 Å². The fraction of sp³-hybridized carbons (Fsp3) is 0.500. The standard InChI is InChI=1S/C40H51N3O11S/c1-11-41-39-43-28-25-26-32(47)22(7)35-27(25)37(49)40(9,54-35)52-16-15-24(51-10)19(4)34(53-23(8)44)21(6)31(46)20(5)30(45)17(2)13-12-14-18(3)38(50)42-29(33(26)48)36(28)55-39/h12-17,19-21,24,30-31,34,45-48H,11H2,1-10H3,(H,41,43)(H,42,50)/b13-12+,16-15+,18-14-/t17-,19+,20+,21+,24-,30-,31+,34+,40-/m0/s1. The normalized spacial score (nSPS) is 31.4. The van der Waals surface area contributed by atoms with Crippen LogP contribution in [0.15, 0.2) is 36.1 Å². The highest BCUT2D eigenvalue weighted by molar-refractivity contribution is 7.23. The number of hydrogen-bond acceptors (Lipinski definition) is 14. The van der Waals surface area contributed by atoms with Gasteiger partial charge in [-0.25, -0.2) is 4.98 Å². The van der Waals surface area contributed by atoms with E-state index in [4.69, 9.17) is 23.9 Å². The van der Waals surface area contributed by atoms with Crippen LogP contribution in [0.25, 0.3) is 21.0 Å². The first-order valence-electron chi connectivity index (χ1n) is 18.3. The summed E-state index contributed by atoms with van der Waals surface area (Å²) in [5.74, 6) is -6.85. The number of thiazole rings is 1. The summed E-state index contributed by atoms with van der Waals surface area (Å²) in [6.07, 6.45) is 3.91. The van der Waals surface area contributed by atoms with Crippen LogP contribution in [0.3, 0.4) is 0 Å². The number of ketones is 1. The number of aromatic hydroxyl groups is 2. The van der Waals surface area contributed by atoms with Gasteiger partial charge in [0.05, 0.1) is 45.7 Å². The fourth-order valence-electron chi connectivity index (χ4n) is 7.35. The number of aromatic nitrogens is 1. The second-order valence-electron chi connectivity index (χ2n) is 14.6. The number of nitrogens with one attached hydrogen (secondary N) is 2. The molecular formula is C40H51N3O11S. The molecule has 1 aromatic heterocycles. The summed E-state index contributed by atoms with van der Waals surface area (Å²) < 4.78 is 24.1. The number of hydrogen-bond donors (Lipinski definition) is 6. The van der Waals surface area contributed by atoms with Gasteiger partial charge in [0.1, 0.15) is 23.3 Å². The van der Waals surface area contributed by atoms with Crippen LogP contribution in [0.5, 0.6) is 17.2 Å². The molecule has 55 heavy (non-hydrogen) atoms. The molecule has 5 rings (SSSR count). The van der Waals surface area contributed by atoms with Gasteiger partial charge in [0.25, 0.3) is 11.7 Å². The minimum atomic E-state index is -1.94. The predicted octanol–water partition coefficient (Wildman–Crippen LogP) is 6.09. The number of Topliss-reactive ketones (excluding diaryl/α,β-unsaturated/α-hetero) is 1. The molecule has 15 heteroatoms. The lowest BCUT2D eigenvalue weighted by molar-refractivity contribution is -0.160. The number of carbonyl (C=O) groups is 3. The molecule has 0 fully saturated rings. The molecule has 14 nitrogen and oxygen atoms in total. The molecule has 0 spiro atoms. The zero-order chi connectivity index (χ0) is 40.7. The van der Waals surface area contributed by atoms with Crippen LogP contribution >= 0.6 is 11.3 Å². The van der Waals surface area contributed by atoms with Crippen LogP contribution in [0.1, 0.15) is 71.3 Å². The summed E-state index contributed by atoms with van der Waals surface area (Å²) in [4.78, 5) is 45.1. The van der Waals surface area contributed by atoms with E-state index in [1.807, 2.05) is 6.92 Å². The lowest BCUT2D eigenvalue weighted by Gasteiger charge is -2.38. The first-order valence-corrected chi connectivity index (χ1v) is 19.1. The van der Waals surface area contributed by atoms with E-state index in [0.29, 0.717) is 16.4 Å². The second kappa shape index (κ2) is 16.2. The Balaban J connectivity index is 1.72. The maximum absolute atomic E-state index is 14.4. The molecule has 0 unspecified atom stereocenters. The number of rotatable bonds is 4. The van der Waals surface area contributed by atoms with Gasteiger partial charge in [0.2, 0.25) is 0 Å². The zero-order valence-corrected chi connectivity index (χ0v) is 33.5. The van der Waals surface area contributed by atoms with E-state index in [1.165, 1.54) is 40.2 Å². The van der Waals surface area contributed by atoms with Crippen LogP contribution in [0.4, 0.5) is 10.8 Å². The molecule has 0 aliphatic carbocycles. The van der Waals surface area contributed by atoms with Crippen molar-refractivity contribution >= 4 is 60.8 Å². The summed E-state index contributed by atoms with van der Waals surface area (Å²) in [6.45, 7) is 15.2. The van der Waals surface area contributed by atoms with E-state index in [2.05, 4.69) is 10.6 Å². The average molecular weight is 782 g/mol. The maximum atomic E-state index is 14.4. The number of phenols is 2. The van der Waals surface area contributed by atoms with Crippen molar-refractivity contribution < 1.29 is 53.8 Å². The molecule has 0 saturated heterocycles. The van der Waals surface area contributed by atoms with Gasteiger partial charge in [-0.2, -0.15) is 0 Å². The first kappa shape index (κ1) is 41.5. The first-order chi connectivity index (χ1) is 25.9. The monoisotopic (exact) mass is 781 g/mol. The van der Waals surface area contributed by atoms with E-state index in [9.17, 15) is 34.8 Å². The number of amides is 1. The molecule has 2 aromatic carbocycles. The molecule has 2 aliphatic rings. The molecule has 3 aromatic rings. The Labute approximate surface area is 323 Å². The molecule has 6 N–H and O–H groups in total. The largest absolute Gasteiger partial charge is 0.507 e. The van der Waals surface area contributed by atoms with E-state index in [0.717, 1.165) is 11.3 Å². The lowest BCUT2D eigenvalue weighted by Crippen LogP contribution is -2.46. The predicted molar refractivity (Wildman–Crippen MR) is 209 cm³/mol. The van der Waals surface area contributed by atoms with Gasteiger partial charge in [-0.1, -0.05) is 57.3 Å². The van der Waals surface area contributed by atoms with E-state index in [1.54, 1.807) is 52.8 Å². The lowest BCUT2D eigenvalue weighted by atomic mass is 9.78. The number of fused-ring (bicyclic) bond motifs is 1. The molecule has 1 amide bonds. The minimum Gasteiger partial charge on any atom is -0.507 e. The number of nitrogens with zero attached hydrogens (tertiary/aromatic N) is 1. The Bertz CT molecular complexity index is 2090. The summed E-state index contributed by atoms with van der Waals surface area (Å²) in [5.41, 5.74) is 0.669. The van der Waals surface area contributed by atoms with Crippen LogP contribution in [-0.4, -0.2) is 86.9 Å². The van der Waals surface area contributed by atoms with Crippen LogP contribution in [0.2, 0.25) is 0 Å². The van der Waals surface area contributed by atoms with Gasteiger partial charge in [-0.3, -0.25) is 14.4 Å². The van der Waals surface area contributed by atoms with Crippen molar-refractivity contribution in [2.24, 2.45) is 23.7 Å². The third-order valence-corrected chi connectivity index (χ3v) is 11.7. The smallest absolute Gasteiger partial charge is 0.312 e. The Morgan fingerprint density at radius 2 is 1.73 bits per heavy atom. The average Bonchev–Trinajstić information content (AvgIpc) is 3.68. The molecule has 0 saturated carbocycles. The van der Waals surface area contributed by atoms with Crippen molar-refractivity contribution in [3.63, 3.8) is 0 Å². The molecular weight excluding hydrogens is 731 g/mol. The summed E-state index contributed by atoms with van der Waals surface area (Å²) in [5, 5.41) is 52.6. The van der Waals surface area contributed by atoms with Gasteiger partial charge < -0.3 is 50.0 Å². The maximum Gasteiger partial charge on any atom is 0.312 e. The molecule has 3 heterocycles. The number of ether oxygens (including phenoxy) is 4. The van der Waals surface area contributed by atoms with Gasteiger partial charge in [-0.15, -0.1) is 0 Å². The molecule has 298 valence electrons. The van der Waals surface area contributed by atoms with E-state index >= 15 is 0 Å². The zero-order valence-electron chi connectivity index (χ0n) is 32.7. The van der Waals surface area contributed by atoms with Crippen molar-refractivity contribution in [1.29, 1.82) is 0 Å². The number of carbonyl (C=O) groups excluding carboxylic acids is 3. The highest BCUT2D eigenvalue weighted by Crippen LogP contribution is 2.55. The third kappa shape index (κ3) is 7.62. The quantitative estimate of drug-likeness (QED) is 0.131. The number of allylic oxidation sites excluding steroid dienone is 2. The highest BCUT2D eigenvalue weighted by atomic mass is 32.1. The minimum absolute atomic E-state index is 0.00388. The topological polar surface area (TPSA) is 206 Å². The Morgan fingerprint density at radius 1 is 1.04 bits per heavy atom. The third-order valence-electron chi connectivity index (χ3n) is 10.7. The van der Waals surface area contributed by atoms with E-state index < -0.39 is 77.3 Å². The van der Waals surface area contributed by atoms with Gasteiger partial charge in [0.15, 0.2) is 10.9 Å². The van der Waals surface area contributed by atoms with Crippen LogP contribution in [-0.2, 0) is 23.8 Å². The Kier molecular flexibility index (Phi) is 12.2. The van der Waals surface area contributed by atoms with Gasteiger partial charge in [0, 0.05) is 67.7 Å². The molecule has 2 aliphatic heterocycles. The fourth-order valence-corrected chi connectivity index (χ4v) is 8.39.